The third kappa shape index (κ3) is 1.02. The first kappa shape index (κ1) is 6.08. The van der Waals surface area contributed by atoms with Crippen molar-refractivity contribution in [3.05, 3.63) is 21.3 Å². The summed E-state index contributed by atoms with van der Waals surface area (Å²) in [5.41, 5.74) is 5.32. The molecule has 1 nitrogen and oxygen atoms in total. The molecule has 1 aromatic heterocycles. The summed E-state index contributed by atoms with van der Waals surface area (Å²) in [5.74, 6) is 0. The van der Waals surface area contributed by atoms with Crippen molar-refractivity contribution < 1.29 is 0 Å². The Morgan fingerprint density at radius 2 is 2.50 bits per heavy atom. The molecule has 0 aliphatic rings. The smallest absolute Gasteiger partial charge is 0.0558 e. The van der Waals surface area contributed by atoms with E-state index in [4.69, 9.17) is 17.3 Å². The van der Waals surface area contributed by atoms with Gasteiger partial charge in [-0.15, -0.1) is 11.3 Å². The van der Waals surface area contributed by atoms with Crippen LogP contribution in [0.5, 0.6) is 0 Å². The monoisotopic (exact) mass is 147 g/mol. The third-order valence-electron chi connectivity index (χ3n) is 0.876. The molecule has 3 heteroatoms. The van der Waals surface area contributed by atoms with Gasteiger partial charge in [-0.25, -0.2) is 0 Å². The Balaban J connectivity index is 2.92. The molecule has 0 aliphatic carbocycles. The predicted molar refractivity (Wildman–Crippen MR) is 37.2 cm³/mol. The molecule has 1 rings (SSSR count). The molecule has 2 N–H and O–H groups in total. The molecule has 0 unspecified atom stereocenters. The van der Waals surface area contributed by atoms with Crippen LogP contribution in [-0.4, -0.2) is 0 Å². The van der Waals surface area contributed by atoms with Gasteiger partial charge in [0.25, 0.3) is 0 Å². The Morgan fingerprint density at radius 1 is 1.75 bits per heavy atom. The van der Waals surface area contributed by atoms with Crippen molar-refractivity contribution in [1.29, 1.82) is 0 Å². The molecule has 0 saturated carbocycles. The average molecular weight is 148 g/mol. The van der Waals surface area contributed by atoms with Gasteiger partial charge in [-0.3, -0.25) is 0 Å². The van der Waals surface area contributed by atoms with Crippen LogP contribution in [0.4, 0.5) is 0 Å². The second-order valence-electron chi connectivity index (χ2n) is 1.40. The van der Waals surface area contributed by atoms with E-state index in [1.807, 2.05) is 11.4 Å². The molecule has 0 atom stereocenters. The van der Waals surface area contributed by atoms with Crippen molar-refractivity contribution in [3.63, 3.8) is 0 Å². The Bertz CT molecular complexity index is 173. The summed E-state index contributed by atoms with van der Waals surface area (Å²) >= 11 is 7.26. The summed E-state index contributed by atoms with van der Waals surface area (Å²) in [5, 5.41) is 2.72. The van der Waals surface area contributed by atoms with Gasteiger partial charge in [-0.05, 0) is 11.4 Å². The lowest BCUT2D eigenvalue weighted by Gasteiger charge is -1.85. The molecule has 1 heterocycles. The third-order valence-corrected chi connectivity index (χ3v) is 2.29. The van der Waals surface area contributed by atoms with E-state index in [2.05, 4.69) is 0 Å². The van der Waals surface area contributed by atoms with Crippen molar-refractivity contribution in [2.24, 2.45) is 5.73 Å². The Hall–Kier alpha value is -0.0500. The van der Waals surface area contributed by atoms with E-state index < -0.39 is 0 Å². The second-order valence-corrected chi connectivity index (χ2v) is 2.80. The van der Waals surface area contributed by atoms with Crippen LogP contribution >= 0.6 is 22.9 Å². The normalized spacial score (nSPS) is 9.75. The maximum Gasteiger partial charge on any atom is 0.0558 e. The van der Waals surface area contributed by atoms with Crippen molar-refractivity contribution in [2.75, 3.05) is 0 Å². The van der Waals surface area contributed by atoms with Gasteiger partial charge in [0, 0.05) is 11.4 Å². The topological polar surface area (TPSA) is 26.0 Å². The fraction of sp³-hybridized carbons (Fsp3) is 0.200. The Labute approximate surface area is 57.1 Å². The zero-order chi connectivity index (χ0) is 5.98. The van der Waals surface area contributed by atoms with Gasteiger partial charge in [0.05, 0.1) is 5.02 Å². The molecule has 0 saturated heterocycles. The van der Waals surface area contributed by atoms with Crippen LogP contribution in [0.1, 0.15) is 4.88 Å². The lowest BCUT2D eigenvalue weighted by Crippen LogP contribution is -1.92. The number of hydrogen-bond acceptors (Lipinski definition) is 2. The molecule has 0 bridgehead atoms. The van der Waals surface area contributed by atoms with Crippen LogP contribution in [-0.2, 0) is 6.54 Å². The van der Waals surface area contributed by atoms with E-state index in [0.717, 1.165) is 9.90 Å². The highest BCUT2D eigenvalue weighted by molar-refractivity contribution is 7.10. The molecule has 0 spiro atoms. The van der Waals surface area contributed by atoms with Crippen LogP contribution in [0.2, 0.25) is 5.02 Å². The summed E-state index contributed by atoms with van der Waals surface area (Å²) in [6, 6.07) is 1.86. The van der Waals surface area contributed by atoms with E-state index in [9.17, 15) is 0 Å². The highest BCUT2D eigenvalue weighted by Gasteiger charge is 1.95. The van der Waals surface area contributed by atoms with Gasteiger partial charge in [0.1, 0.15) is 0 Å². The van der Waals surface area contributed by atoms with Gasteiger partial charge >= 0.3 is 0 Å². The highest BCUT2D eigenvalue weighted by Crippen LogP contribution is 2.20. The molecule has 0 fully saturated rings. The molecule has 0 amide bonds. The van der Waals surface area contributed by atoms with Gasteiger partial charge in [0.2, 0.25) is 0 Å². The van der Waals surface area contributed by atoms with Crippen molar-refractivity contribution >= 4 is 22.9 Å². The molecule has 0 radical (unpaired) electrons. The number of nitrogens with two attached hydrogens (primary N) is 1. The minimum Gasteiger partial charge on any atom is -0.326 e. The van der Waals surface area contributed by atoms with E-state index in [-0.39, 0.29) is 0 Å². The standard InChI is InChI=1S/C5H6ClNS/c6-4-1-2-8-5(4)3-7/h1-2H,3,7H2. The summed E-state index contributed by atoms with van der Waals surface area (Å²) < 4.78 is 0. The fourth-order valence-electron chi connectivity index (χ4n) is 0.471. The number of rotatable bonds is 1. The largest absolute Gasteiger partial charge is 0.326 e. The van der Waals surface area contributed by atoms with Crippen LogP contribution in [0.15, 0.2) is 11.4 Å². The van der Waals surface area contributed by atoms with Crippen molar-refractivity contribution in [2.45, 2.75) is 6.54 Å². The molecule has 44 valence electrons. The SMILES string of the molecule is NCc1sccc1Cl. The van der Waals surface area contributed by atoms with Gasteiger partial charge < -0.3 is 5.73 Å². The Kier molecular flexibility index (Phi) is 1.89. The van der Waals surface area contributed by atoms with Gasteiger partial charge in [-0.1, -0.05) is 11.6 Å². The first-order chi connectivity index (χ1) is 3.84. The van der Waals surface area contributed by atoms with Gasteiger partial charge in [0.15, 0.2) is 0 Å². The van der Waals surface area contributed by atoms with E-state index >= 15 is 0 Å². The molecule has 0 aromatic carbocycles. The minimum atomic E-state index is 0.552. The van der Waals surface area contributed by atoms with Crippen molar-refractivity contribution in [3.8, 4) is 0 Å². The maximum atomic E-state index is 5.67. The first-order valence-corrected chi connectivity index (χ1v) is 3.52. The number of hydrogen-bond donors (Lipinski definition) is 1. The van der Waals surface area contributed by atoms with E-state index in [1.165, 1.54) is 0 Å². The van der Waals surface area contributed by atoms with Crippen LogP contribution in [0, 0.1) is 0 Å². The average Bonchev–Trinajstić information content (AvgIpc) is 2.14. The first-order valence-electron chi connectivity index (χ1n) is 2.26. The maximum absolute atomic E-state index is 5.67. The molecule has 1 aromatic rings. The lowest BCUT2D eigenvalue weighted by atomic mass is 10.5. The number of thiophene rings is 1. The van der Waals surface area contributed by atoms with Gasteiger partial charge in [-0.2, -0.15) is 0 Å². The number of halogens is 1. The summed E-state index contributed by atoms with van der Waals surface area (Å²) in [6.45, 7) is 0.552. The highest BCUT2D eigenvalue weighted by atomic mass is 35.5. The van der Waals surface area contributed by atoms with Crippen LogP contribution in [0.3, 0.4) is 0 Å². The fourth-order valence-corrected chi connectivity index (χ4v) is 1.46. The minimum absolute atomic E-state index is 0.552. The molecular weight excluding hydrogens is 142 g/mol. The van der Waals surface area contributed by atoms with Crippen LogP contribution < -0.4 is 5.73 Å². The molecule has 8 heavy (non-hydrogen) atoms. The summed E-state index contributed by atoms with van der Waals surface area (Å²) in [6.07, 6.45) is 0. The zero-order valence-corrected chi connectivity index (χ0v) is 5.80. The van der Waals surface area contributed by atoms with Crippen LogP contribution in [0.25, 0.3) is 0 Å². The Morgan fingerprint density at radius 3 is 2.75 bits per heavy atom. The van der Waals surface area contributed by atoms with Crippen molar-refractivity contribution in [1.82, 2.24) is 0 Å². The summed E-state index contributed by atoms with van der Waals surface area (Å²) in [7, 11) is 0. The van der Waals surface area contributed by atoms with E-state index in [1.54, 1.807) is 11.3 Å². The molecular formula is C5H6ClNS. The zero-order valence-electron chi connectivity index (χ0n) is 4.23. The lowest BCUT2D eigenvalue weighted by molar-refractivity contribution is 1.11. The molecule has 0 aliphatic heterocycles. The van der Waals surface area contributed by atoms with E-state index in [0.29, 0.717) is 6.54 Å². The second kappa shape index (κ2) is 2.49. The predicted octanol–water partition coefficient (Wildman–Crippen LogP) is 1.86. The summed E-state index contributed by atoms with van der Waals surface area (Å²) in [4.78, 5) is 1.06. The quantitative estimate of drug-likeness (QED) is 0.645.